The lowest BCUT2D eigenvalue weighted by molar-refractivity contribution is 0.103. The minimum atomic E-state index is 0.0531. The van der Waals surface area contributed by atoms with Crippen molar-refractivity contribution in [3.8, 4) is 0 Å². The Morgan fingerprint density at radius 1 is 0.571 bits per heavy atom. The van der Waals surface area contributed by atoms with Crippen LogP contribution in [-0.4, -0.2) is 18.9 Å². The first-order chi connectivity index (χ1) is 16.9. The van der Waals surface area contributed by atoms with Crippen molar-refractivity contribution in [2.24, 2.45) is 0 Å². The Labute approximate surface area is 209 Å². The number of carbonyl (C=O) groups is 1. The normalized spacial score (nSPS) is 10.8. The molecule has 0 spiro atoms. The van der Waals surface area contributed by atoms with Crippen LogP contribution in [-0.2, 0) is 0 Å². The highest BCUT2D eigenvalue weighted by Gasteiger charge is 2.16. The Balaban J connectivity index is 1.56. The van der Waals surface area contributed by atoms with Crippen LogP contribution in [0, 0.1) is 20.8 Å². The van der Waals surface area contributed by atoms with Gasteiger partial charge in [0.25, 0.3) is 0 Å². The Morgan fingerprint density at radius 3 is 1.40 bits per heavy atom. The molecule has 3 heteroatoms. The van der Waals surface area contributed by atoms with E-state index < -0.39 is 0 Å². The van der Waals surface area contributed by atoms with Gasteiger partial charge in [0.2, 0.25) is 0 Å². The molecular formula is C32H34N2O. The van der Waals surface area contributed by atoms with Crippen molar-refractivity contribution in [2.75, 3.05) is 22.9 Å². The van der Waals surface area contributed by atoms with E-state index in [-0.39, 0.29) is 5.78 Å². The minimum absolute atomic E-state index is 0.0531. The number of carbonyl (C=O) groups excluding carboxylic acids is 1. The maximum absolute atomic E-state index is 13.4. The van der Waals surface area contributed by atoms with Crippen LogP contribution < -0.4 is 9.80 Å². The number of rotatable bonds is 8. The first-order valence-corrected chi connectivity index (χ1v) is 12.3. The van der Waals surface area contributed by atoms with Gasteiger partial charge in [-0.15, -0.1) is 0 Å². The summed E-state index contributed by atoms with van der Waals surface area (Å²) in [7, 11) is 0. The zero-order valence-electron chi connectivity index (χ0n) is 21.4. The monoisotopic (exact) mass is 462 g/mol. The molecule has 178 valence electrons. The van der Waals surface area contributed by atoms with Crippen molar-refractivity contribution in [1.82, 2.24) is 0 Å². The third kappa shape index (κ3) is 5.30. The molecule has 0 bridgehead atoms. The van der Waals surface area contributed by atoms with E-state index in [0.29, 0.717) is 5.56 Å². The maximum atomic E-state index is 13.4. The zero-order valence-corrected chi connectivity index (χ0v) is 21.4. The van der Waals surface area contributed by atoms with Crippen LogP contribution in [0.15, 0.2) is 91.0 Å². The van der Waals surface area contributed by atoms with Crippen molar-refractivity contribution >= 4 is 28.5 Å². The van der Waals surface area contributed by atoms with Gasteiger partial charge in [-0.1, -0.05) is 35.4 Å². The fraction of sp³-hybridized carbons (Fsp3) is 0.219. The molecule has 0 aliphatic carbocycles. The Hall–Kier alpha value is -3.85. The van der Waals surface area contributed by atoms with E-state index in [1.165, 1.54) is 11.1 Å². The van der Waals surface area contributed by atoms with Gasteiger partial charge in [-0.25, -0.2) is 0 Å². The van der Waals surface area contributed by atoms with Crippen LogP contribution in [0.25, 0.3) is 0 Å². The molecule has 3 nitrogen and oxygen atoms in total. The fourth-order valence-corrected chi connectivity index (χ4v) is 4.50. The van der Waals surface area contributed by atoms with Gasteiger partial charge in [0.1, 0.15) is 0 Å². The highest BCUT2D eigenvalue weighted by molar-refractivity contribution is 6.10. The number of anilines is 4. The van der Waals surface area contributed by atoms with E-state index in [4.69, 9.17) is 0 Å². The number of benzene rings is 4. The van der Waals surface area contributed by atoms with Crippen molar-refractivity contribution in [1.29, 1.82) is 0 Å². The SMILES string of the molecule is CCN(c1ccc(C)cc1)c1ccc(C(=O)c2ccc(N(CC)c3ccc(C)cc3)cc2C)cc1. The van der Waals surface area contributed by atoms with Gasteiger partial charge >= 0.3 is 0 Å². The van der Waals surface area contributed by atoms with Crippen LogP contribution in [0.1, 0.15) is 46.5 Å². The van der Waals surface area contributed by atoms with Gasteiger partial charge in [-0.2, -0.15) is 0 Å². The maximum Gasteiger partial charge on any atom is 0.193 e. The second kappa shape index (κ2) is 10.6. The van der Waals surface area contributed by atoms with E-state index in [1.54, 1.807) is 0 Å². The lowest BCUT2D eigenvalue weighted by atomic mass is 9.98. The van der Waals surface area contributed by atoms with Crippen molar-refractivity contribution < 1.29 is 4.79 Å². The molecule has 4 aromatic rings. The molecule has 0 heterocycles. The van der Waals surface area contributed by atoms with Crippen molar-refractivity contribution in [3.05, 3.63) is 119 Å². The van der Waals surface area contributed by atoms with Gasteiger partial charge in [0.15, 0.2) is 5.78 Å². The number of hydrogen-bond acceptors (Lipinski definition) is 3. The molecule has 0 fully saturated rings. The molecule has 0 N–H and O–H groups in total. The largest absolute Gasteiger partial charge is 0.342 e. The van der Waals surface area contributed by atoms with Gasteiger partial charge in [0.05, 0.1) is 0 Å². The summed E-state index contributed by atoms with van der Waals surface area (Å²) in [5.74, 6) is 0.0531. The Kier molecular flexibility index (Phi) is 7.36. The molecule has 0 amide bonds. The summed E-state index contributed by atoms with van der Waals surface area (Å²) in [5.41, 5.74) is 9.40. The molecule has 35 heavy (non-hydrogen) atoms. The Bertz CT molecular complexity index is 1290. The average Bonchev–Trinajstić information content (AvgIpc) is 2.87. The van der Waals surface area contributed by atoms with Crippen LogP contribution in [0.4, 0.5) is 22.7 Å². The summed E-state index contributed by atoms with van der Waals surface area (Å²) in [6, 6.07) is 31.1. The smallest absolute Gasteiger partial charge is 0.193 e. The molecule has 0 saturated heterocycles. The van der Waals surface area contributed by atoms with E-state index in [2.05, 4.69) is 92.1 Å². The topological polar surface area (TPSA) is 23.6 Å². The highest BCUT2D eigenvalue weighted by atomic mass is 16.1. The molecule has 0 aliphatic heterocycles. The molecule has 0 saturated carbocycles. The molecule has 0 radical (unpaired) electrons. The van der Waals surface area contributed by atoms with Gasteiger partial charge in [-0.05, 0) is 107 Å². The summed E-state index contributed by atoms with van der Waals surface area (Å²) in [6.07, 6.45) is 0. The molecule has 0 unspecified atom stereocenters. The molecular weight excluding hydrogens is 428 g/mol. The number of hydrogen-bond donors (Lipinski definition) is 0. The first-order valence-electron chi connectivity index (χ1n) is 12.3. The molecule has 0 aromatic heterocycles. The van der Waals surface area contributed by atoms with Crippen molar-refractivity contribution in [3.63, 3.8) is 0 Å². The predicted octanol–water partition coefficient (Wildman–Crippen LogP) is 8.16. The van der Waals surface area contributed by atoms with Crippen LogP contribution >= 0.6 is 0 Å². The summed E-state index contributed by atoms with van der Waals surface area (Å²) < 4.78 is 0. The van der Waals surface area contributed by atoms with E-state index in [1.807, 2.05) is 43.3 Å². The van der Waals surface area contributed by atoms with Gasteiger partial charge in [-0.3, -0.25) is 4.79 Å². The van der Waals surface area contributed by atoms with Crippen LogP contribution in [0.5, 0.6) is 0 Å². The first kappa shape index (κ1) is 24.3. The molecule has 4 rings (SSSR count). The van der Waals surface area contributed by atoms with E-state index in [0.717, 1.165) is 47.0 Å². The molecule has 0 aliphatic rings. The van der Waals surface area contributed by atoms with Crippen LogP contribution in [0.2, 0.25) is 0 Å². The quantitative estimate of drug-likeness (QED) is 0.247. The second-order valence-electron chi connectivity index (χ2n) is 9.03. The highest BCUT2D eigenvalue weighted by Crippen LogP contribution is 2.29. The van der Waals surface area contributed by atoms with E-state index in [9.17, 15) is 4.79 Å². The summed E-state index contributed by atoms with van der Waals surface area (Å²) >= 11 is 0. The predicted molar refractivity (Wildman–Crippen MR) is 149 cm³/mol. The average molecular weight is 463 g/mol. The van der Waals surface area contributed by atoms with Gasteiger partial charge in [0, 0.05) is 47.0 Å². The lowest BCUT2D eigenvalue weighted by Crippen LogP contribution is -2.17. The Morgan fingerprint density at radius 2 is 0.971 bits per heavy atom. The summed E-state index contributed by atoms with van der Waals surface area (Å²) in [4.78, 5) is 17.9. The summed E-state index contributed by atoms with van der Waals surface area (Å²) in [6.45, 7) is 12.2. The van der Waals surface area contributed by atoms with Crippen molar-refractivity contribution in [2.45, 2.75) is 34.6 Å². The fourth-order valence-electron chi connectivity index (χ4n) is 4.50. The third-order valence-electron chi connectivity index (χ3n) is 6.53. The number of ketones is 1. The van der Waals surface area contributed by atoms with Crippen LogP contribution in [0.3, 0.4) is 0 Å². The zero-order chi connectivity index (χ0) is 24.9. The molecule has 0 atom stereocenters. The second-order valence-corrected chi connectivity index (χ2v) is 9.03. The summed E-state index contributed by atoms with van der Waals surface area (Å²) in [5, 5.41) is 0. The minimum Gasteiger partial charge on any atom is -0.342 e. The third-order valence-corrected chi connectivity index (χ3v) is 6.53. The number of nitrogens with zero attached hydrogens (tertiary/aromatic N) is 2. The molecule has 4 aromatic carbocycles. The van der Waals surface area contributed by atoms with E-state index >= 15 is 0 Å². The lowest BCUT2D eigenvalue weighted by Gasteiger charge is -2.24. The standard InChI is InChI=1S/C32H34N2O/c1-6-33(27-14-8-23(3)9-15-27)29-18-12-26(13-19-29)32(35)31-21-20-30(22-25(31)5)34(7-2)28-16-10-24(4)11-17-28/h8-22H,6-7H2,1-5H3. The number of aryl methyl sites for hydroxylation is 3. The van der Waals surface area contributed by atoms with Gasteiger partial charge < -0.3 is 9.80 Å².